The fourth-order valence-corrected chi connectivity index (χ4v) is 3.42. The zero-order valence-electron chi connectivity index (χ0n) is 15.2. The first-order valence-electron chi connectivity index (χ1n) is 8.87. The van der Waals surface area contributed by atoms with Gasteiger partial charge in [-0.05, 0) is 34.9 Å². The summed E-state index contributed by atoms with van der Waals surface area (Å²) in [7, 11) is 1.40. The van der Waals surface area contributed by atoms with Crippen LogP contribution in [0.25, 0.3) is 16.8 Å². The van der Waals surface area contributed by atoms with Crippen LogP contribution in [-0.2, 0) is 13.6 Å². The van der Waals surface area contributed by atoms with Crippen molar-refractivity contribution in [2.24, 2.45) is 7.05 Å². The number of allylic oxidation sites excluding steroid dienone is 1. The second-order valence-corrected chi connectivity index (χ2v) is 6.64. The van der Waals surface area contributed by atoms with Gasteiger partial charge in [-0.2, -0.15) is 0 Å². The van der Waals surface area contributed by atoms with Crippen molar-refractivity contribution in [3.63, 3.8) is 0 Å². The fraction of sp³-hybridized carbons (Fsp3) is 0.190. The van der Waals surface area contributed by atoms with Crippen molar-refractivity contribution < 1.29 is 4.79 Å². The van der Waals surface area contributed by atoms with Crippen LogP contribution in [-0.4, -0.2) is 14.9 Å². The number of nitrogens with zero attached hydrogens (tertiary/aromatic N) is 2. The molecule has 6 nitrogen and oxygen atoms in total. The molecule has 0 spiro atoms. The molecule has 0 aliphatic carbocycles. The van der Waals surface area contributed by atoms with E-state index in [-0.39, 0.29) is 11.3 Å². The minimum Gasteiger partial charge on any atom is -0.338 e. The Morgan fingerprint density at radius 1 is 1.04 bits per heavy atom. The summed E-state index contributed by atoms with van der Waals surface area (Å²) in [5, 5.41) is 5.18. The molecule has 27 heavy (non-hydrogen) atoms. The smallest absolute Gasteiger partial charge is 0.332 e. The van der Waals surface area contributed by atoms with Crippen LogP contribution in [0.4, 0.5) is 5.82 Å². The Morgan fingerprint density at radius 2 is 1.78 bits per heavy atom. The Labute approximate surface area is 155 Å². The average molecular weight is 361 g/mol. The molecular formula is C21H19N3O3. The number of fused-ring (bicyclic) bond motifs is 2. The summed E-state index contributed by atoms with van der Waals surface area (Å²) >= 11 is 0. The van der Waals surface area contributed by atoms with Crippen LogP contribution in [0.1, 0.15) is 29.3 Å². The zero-order chi connectivity index (χ0) is 19.1. The molecule has 2 aromatic carbocycles. The number of carbonyl (C=O) groups is 1. The lowest BCUT2D eigenvalue weighted by Gasteiger charge is -2.11. The Morgan fingerprint density at radius 3 is 2.52 bits per heavy atom. The van der Waals surface area contributed by atoms with E-state index in [0.717, 1.165) is 20.9 Å². The number of anilines is 1. The van der Waals surface area contributed by atoms with Gasteiger partial charge >= 0.3 is 5.69 Å². The van der Waals surface area contributed by atoms with Gasteiger partial charge in [-0.15, -0.1) is 0 Å². The van der Waals surface area contributed by atoms with E-state index in [1.165, 1.54) is 11.6 Å². The summed E-state index contributed by atoms with van der Waals surface area (Å²) in [6.45, 7) is 2.37. The number of aromatic nitrogens is 2. The molecular weight excluding hydrogens is 342 g/mol. The lowest BCUT2D eigenvalue weighted by molar-refractivity contribution is 0.104. The fourth-order valence-electron chi connectivity index (χ4n) is 3.42. The van der Waals surface area contributed by atoms with Crippen LogP contribution in [0.5, 0.6) is 0 Å². The van der Waals surface area contributed by atoms with E-state index in [1.807, 2.05) is 49.4 Å². The van der Waals surface area contributed by atoms with Gasteiger partial charge in [0.05, 0.1) is 5.70 Å². The van der Waals surface area contributed by atoms with Crippen molar-refractivity contribution >= 4 is 28.4 Å². The largest absolute Gasteiger partial charge is 0.338 e. The summed E-state index contributed by atoms with van der Waals surface area (Å²) < 4.78 is 2.45. The highest BCUT2D eigenvalue weighted by Crippen LogP contribution is 2.26. The molecule has 0 bridgehead atoms. The molecule has 6 heteroatoms. The number of benzene rings is 2. The minimum absolute atomic E-state index is 0.0255. The number of hydrogen-bond acceptors (Lipinski definition) is 4. The lowest BCUT2D eigenvalue weighted by Crippen LogP contribution is -2.40. The first kappa shape index (κ1) is 17.0. The second-order valence-electron chi connectivity index (χ2n) is 6.64. The van der Waals surface area contributed by atoms with E-state index in [9.17, 15) is 14.4 Å². The van der Waals surface area contributed by atoms with Gasteiger partial charge in [-0.3, -0.25) is 18.7 Å². The third-order valence-electron chi connectivity index (χ3n) is 4.80. The van der Waals surface area contributed by atoms with Crippen molar-refractivity contribution in [2.75, 3.05) is 5.32 Å². The number of Topliss-reactive ketones (excluding diaryl/α,β-unsaturated/α-hetero) is 1. The highest BCUT2D eigenvalue weighted by atomic mass is 16.2. The van der Waals surface area contributed by atoms with Gasteiger partial charge < -0.3 is 5.32 Å². The first-order chi connectivity index (χ1) is 13.0. The van der Waals surface area contributed by atoms with Crippen LogP contribution in [0.2, 0.25) is 0 Å². The van der Waals surface area contributed by atoms with E-state index in [2.05, 4.69) is 5.32 Å². The third kappa shape index (κ3) is 2.70. The summed E-state index contributed by atoms with van der Waals surface area (Å²) in [6, 6.07) is 13.9. The molecule has 1 N–H and O–H groups in total. The standard InChI is InChI=1S/C21H19N3O3/c1-3-10-24-19-17(20(26)23(2)21(24)27)18(25)16(22-19)12-13-8-9-14-6-4-5-7-15(14)11-13/h4-9,11-12,22H,3,10H2,1-2H3. The first-order valence-corrected chi connectivity index (χ1v) is 8.87. The maximum absolute atomic E-state index is 12.8. The third-order valence-corrected chi connectivity index (χ3v) is 4.80. The minimum atomic E-state index is -0.568. The van der Waals surface area contributed by atoms with Crippen LogP contribution in [0.3, 0.4) is 0 Å². The molecule has 0 radical (unpaired) electrons. The Balaban J connectivity index is 1.84. The van der Waals surface area contributed by atoms with Gasteiger partial charge in [-0.25, -0.2) is 4.79 Å². The number of rotatable bonds is 3. The molecule has 0 atom stereocenters. The Kier molecular flexibility index (Phi) is 4.03. The molecule has 1 aliphatic heterocycles. The molecule has 0 unspecified atom stereocenters. The van der Waals surface area contributed by atoms with Crippen molar-refractivity contribution in [3.05, 3.63) is 80.1 Å². The molecule has 2 heterocycles. The molecule has 0 fully saturated rings. The van der Waals surface area contributed by atoms with Crippen molar-refractivity contribution in [3.8, 4) is 0 Å². The molecule has 3 aromatic rings. The molecule has 136 valence electrons. The number of nitrogens with one attached hydrogen (secondary N) is 1. The molecule has 1 aliphatic rings. The van der Waals surface area contributed by atoms with Crippen molar-refractivity contribution in [1.82, 2.24) is 9.13 Å². The van der Waals surface area contributed by atoms with Gasteiger partial charge in [0.2, 0.25) is 5.78 Å². The quantitative estimate of drug-likeness (QED) is 0.728. The predicted molar refractivity (Wildman–Crippen MR) is 106 cm³/mol. The highest BCUT2D eigenvalue weighted by molar-refractivity contribution is 6.19. The van der Waals surface area contributed by atoms with Gasteiger partial charge in [0.15, 0.2) is 0 Å². The number of hydrogen-bond donors (Lipinski definition) is 1. The lowest BCUT2D eigenvalue weighted by atomic mass is 10.1. The zero-order valence-corrected chi connectivity index (χ0v) is 15.2. The predicted octanol–water partition coefficient (Wildman–Crippen LogP) is 2.76. The maximum Gasteiger partial charge on any atom is 0.332 e. The molecule has 0 saturated carbocycles. The molecule has 0 amide bonds. The summed E-state index contributed by atoms with van der Waals surface area (Å²) in [5.41, 5.74) is 0.179. The van der Waals surface area contributed by atoms with Gasteiger partial charge in [0.25, 0.3) is 5.56 Å². The van der Waals surface area contributed by atoms with Crippen LogP contribution >= 0.6 is 0 Å². The number of carbonyl (C=O) groups excluding carboxylic acids is 1. The molecule has 4 rings (SSSR count). The van der Waals surface area contributed by atoms with Crippen molar-refractivity contribution in [2.45, 2.75) is 19.9 Å². The van der Waals surface area contributed by atoms with Crippen LogP contribution in [0.15, 0.2) is 57.8 Å². The summed E-state index contributed by atoms with van der Waals surface area (Å²) in [6.07, 6.45) is 2.43. The topological polar surface area (TPSA) is 73.1 Å². The summed E-state index contributed by atoms with van der Waals surface area (Å²) in [4.78, 5) is 37.7. The molecule has 1 aromatic heterocycles. The highest BCUT2D eigenvalue weighted by Gasteiger charge is 2.32. The van der Waals surface area contributed by atoms with E-state index in [4.69, 9.17) is 0 Å². The van der Waals surface area contributed by atoms with E-state index in [0.29, 0.717) is 24.5 Å². The maximum atomic E-state index is 12.8. The van der Waals surface area contributed by atoms with Gasteiger partial charge in [0.1, 0.15) is 11.4 Å². The van der Waals surface area contributed by atoms with E-state index >= 15 is 0 Å². The normalized spacial score (nSPS) is 14.6. The van der Waals surface area contributed by atoms with Crippen molar-refractivity contribution in [1.29, 1.82) is 0 Å². The van der Waals surface area contributed by atoms with Gasteiger partial charge in [-0.1, -0.05) is 43.3 Å². The average Bonchev–Trinajstić information content (AvgIpc) is 2.99. The SMILES string of the molecule is CCCn1c2c(c(=O)n(C)c1=O)C(=O)C(=Cc1ccc3ccccc3c1)N2. The monoisotopic (exact) mass is 361 g/mol. The van der Waals surface area contributed by atoms with Crippen LogP contribution < -0.4 is 16.6 Å². The summed E-state index contributed by atoms with van der Waals surface area (Å²) in [5.74, 6) is -0.0920. The van der Waals surface area contributed by atoms with E-state index in [1.54, 1.807) is 6.08 Å². The van der Waals surface area contributed by atoms with Crippen LogP contribution in [0, 0.1) is 0 Å². The number of ketones is 1. The second kappa shape index (κ2) is 6.39. The Bertz CT molecular complexity index is 1230. The Hall–Kier alpha value is -3.41. The van der Waals surface area contributed by atoms with Gasteiger partial charge in [0, 0.05) is 13.6 Å². The van der Waals surface area contributed by atoms with E-state index < -0.39 is 11.2 Å². The molecule has 0 saturated heterocycles.